The maximum Gasteiger partial charge on any atom is 0.239 e. The smallest absolute Gasteiger partial charge is 0.239 e. The second kappa shape index (κ2) is 6.78. The Morgan fingerprint density at radius 2 is 2.18 bits per heavy atom. The number of likely N-dealkylation sites (N-methyl/N-ethyl adjacent to an activating group) is 1. The van der Waals surface area contributed by atoms with E-state index in [9.17, 15) is 4.79 Å². The highest BCUT2D eigenvalue weighted by Crippen LogP contribution is 2.16. The van der Waals surface area contributed by atoms with E-state index in [1.54, 1.807) is 0 Å². The molecule has 0 aliphatic carbocycles. The van der Waals surface area contributed by atoms with Gasteiger partial charge in [0, 0.05) is 24.5 Å². The van der Waals surface area contributed by atoms with Crippen LogP contribution in [0.15, 0.2) is 24.3 Å². The molecule has 1 aromatic carbocycles. The molecule has 0 heterocycles. The van der Waals surface area contributed by atoms with Gasteiger partial charge in [-0.3, -0.25) is 4.79 Å². The molecule has 0 unspecified atom stereocenters. The maximum atomic E-state index is 11.6. The van der Waals surface area contributed by atoms with E-state index in [2.05, 4.69) is 5.32 Å². The molecular formula is C13H21N3O. The van der Waals surface area contributed by atoms with Gasteiger partial charge in [-0.15, -0.1) is 0 Å². The molecule has 0 spiro atoms. The first-order valence-electron chi connectivity index (χ1n) is 6.04. The fourth-order valence-electron chi connectivity index (χ4n) is 1.60. The van der Waals surface area contributed by atoms with Crippen LogP contribution >= 0.6 is 0 Å². The summed E-state index contributed by atoms with van der Waals surface area (Å²) in [7, 11) is 0. The summed E-state index contributed by atoms with van der Waals surface area (Å²) in [5.74, 6) is 0.0520. The van der Waals surface area contributed by atoms with Crippen molar-refractivity contribution in [2.45, 2.75) is 20.3 Å². The molecule has 0 fully saturated rings. The zero-order valence-corrected chi connectivity index (χ0v) is 10.6. The number of nitrogens with two attached hydrogens (primary N) is 1. The summed E-state index contributed by atoms with van der Waals surface area (Å²) >= 11 is 0. The number of hydrogen-bond acceptors (Lipinski definition) is 3. The van der Waals surface area contributed by atoms with Crippen molar-refractivity contribution in [2.24, 2.45) is 0 Å². The zero-order valence-electron chi connectivity index (χ0n) is 10.6. The predicted octanol–water partition coefficient (Wildman–Crippen LogP) is 1.62. The van der Waals surface area contributed by atoms with Gasteiger partial charge < -0.3 is 16.0 Å². The van der Waals surface area contributed by atoms with Crippen LogP contribution in [-0.2, 0) is 4.79 Å². The molecule has 0 saturated heterocycles. The third-order valence-electron chi connectivity index (χ3n) is 2.52. The zero-order chi connectivity index (χ0) is 12.7. The molecule has 1 aromatic rings. The number of hydrogen-bond donors (Lipinski definition) is 2. The van der Waals surface area contributed by atoms with Crippen LogP contribution in [0.5, 0.6) is 0 Å². The van der Waals surface area contributed by atoms with Gasteiger partial charge in [-0.25, -0.2) is 0 Å². The van der Waals surface area contributed by atoms with Crippen molar-refractivity contribution in [3.05, 3.63) is 24.3 Å². The minimum atomic E-state index is 0.0520. The first kappa shape index (κ1) is 13.4. The molecule has 0 radical (unpaired) electrons. The molecular weight excluding hydrogens is 214 g/mol. The third-order valence-corrected chi connectivity index (χ3v) is 2.52. The highest BCUT2D eigenvalue weighted by Gasteiger charge is 2.09. The summed E-state index contributed by atoms with van der Waals surface area (Å²) in [4.78, 5) is 13.6. The normalized spacial score (nSPS) is 10.0. The Kier molecular flexibility index (Phi) is 5.33. The van der Waals surface area contributed by atoms with Crippen LogP contribution < -0.4 is 16.0 Å². The van der Waals surface area contributed by atoms with Gasteiger partial charge in [0.15, 0.2) is 0 Å². The van der Waals surface area contributed by atoms with Crippen molar-refractivity contribution in [2.75, 3.05) is 30.3 Å². The quantitative estimate of drug-likeness (QED) is 0.737. The molecule has 0 aliphatic heterocycles. The minimum Gasteiger partial charge on any atom is -0.399 e. The van der Waals surface area contributed by atoms with Crippen molar-refractivity contribution in [1.29, 1.82) is 0 Å². The summed E-state index contributed by atoms with van der Waals surface area (Å²) in [6, 6.07) is 7.59. The Morgan fingerprint density at radius 3 is 2.76 bits per heavy atom. The second-order valence-electron chi connectivity index (χ2n) is 3.96. The summed E-state index contributed by atoms with van der Waals surface area (Å²) in [6.45, 7) is 5.95. The molecule has 4 heteroatoms. The first-order valence-corrected chi connectivity index (χ1v) is 6.04. The van der Waals surface area contributed by atoms with Gasteiger partial charge in [-0.05, 0) is 31.5 Å². The van der Waals surface area contributed by atoms with Crippen molar-refractivity contribution in [3.8, 4) is 0 Å². The lowest BCUT2D eigenvalue weighted by molar-refractivity contribution is -0.119. The lowest BCUT2D eigenvalue weighted by Gasteiger charge is -2.22. The van der Waals surface area contributed by atoms with Gasteiger partial charge >= 0.3 is 0 Å². The molecule has 0 aromatic heterocycles. The summed E-state index contributed by atoms with van der Waals surface area (Å²) < 4.78 is 0. The largest absolute Gasteiger partial charge is 0.399 e. The molecule has 94 valence electrons. The van der Waals surface area contributed by atoms with E-state index in [4.69, 9.17) is 5.73 Å². The van der Waals surface area contributed by atoms with Gasteiger partial charge in [0.25, 0.3) is 0 Å². The lowest BCUT2D eigenvalue weighted by atomic mass is 10.2. The number of nitrogens with zero attached hydrogens (tertiary/aromatic N) is 1. The summed E-state index contributed by atoms with van der Waals surface area (Å²) in [5.41, 5.74) is 7.44. The van der Waals surface area contributed by atoms with E-state index in [0.29, 0.717) is 6.54 Å². The average Bonchev–Trinajstić information content (AvgIpc) is 2.33. The Bertz CT molecular complexity index is 365. The fourth-order valence-corrected chi connectivity index (χ4v) is 1.60. The van der Waals surface area contributed by atoms with E-state index in [1.807, 2.05) is 43.0 Å². The number of benzene rings is 1. The van der Waals surface area contributed by atoms with Gasteiger partial charge in [-0.2, -0.15) is 0 Å². The van der Waals surface area contributed by atoms with Crippen LogP contribution in [-0.4, -0.2) is 25.5 Å². The van der Waals surface area contributed by atoms with Crippen molar-refractivity contribution < 1.29 is 4.79 Å². The Balaban J connectivity index is 2.62. The number of anilines is 2. The number of rotatable bonds is 6. The van der Waals surface area contributed by atoms with Crippen LogP contribution in [0.3, 0.4) is 0 Å². The maximum absolute atomic E-state index is 11.6. The van der Waals surface area contributed by atoms with E-state index >= 15 is 0 Å². The third kappa shape index (κ3) is 4.34. The van der Waals surface area contributed by atoms with Crippen molar-refractivity contribution in [3.63, 3.8) is 0 Å². The standard InChI is InChI=1S/C13H21N3O/c1-3-8-15-13(17)10-16(4-2)12-7-5-6-11(14)9-12/h5-7,9H,3-4,8,10,14H2,1-2H3,(H,15,17). The molecule has 1 rings (SSSR count). The van der Waals surface area contributed by atoms with E-state index in [-0.39, 0.29) is 5.91 Å². The number of nitrogens with one attached hydrogen (secondary N) is 1. The monoisotopic (exact) mass is 235 g/mol. The van der Waals surface area contributed by atoms with E-state index in [1.165, 1.54) is 0 Å². The molecule has 17 heavy (non-hydrogen) atoms. The van der Waals surface area contributed by atoms with Crippen molar-refractivity contribution in [1.82, 2.24) is 5.32 Å². The van der Waals surface area contributed by atoms with Gasteiger partial charge in [-0.1, -0.05) is 13.0 Å². The minimum absolute atomic E-state index is 0.0520. The molecule has 1 amide bonds. The molecule has 0 bridgehead atoms. The number of nitrogen functional groups attached to an aromatic ring is 1. The van der Waals surface area contributed by atoms with Crippen molar-refractivity contribution >= 4 is 17.3 Å². The molecule has 0 atom stereocenters. The van der Waals surface area contributed by atoms with Gasteiger partial charge in [0.05, 0.1) is 6.54 Å². The highest BCUT2D eigenvalue weighted by atomic mass is 16.2. The number of carbonyl (C=O) groups excluding carboxylic acids is 1. The number of carbonyl (C=O) groups is 1. The predicted molar refractivity (Wildman–Crippen MR) is 72.0 cm³/mol. The summed E-state index contributed by atoms with van der Waals surface area (Å²) in [5, 5.41) is 2.87. The Hall–Kier alpha value is -1.71. The number of amides is 1. The summed E-state index contributed by atoms with van der Waals surface area (Å²) in [6.07, 6.45) is 0.955. The van der Waals surface area contributed by atoms with Crippen LogP contribution in [0.4, 0.5) is 11.4 Å². The molecule has 0 aliphatic rings. The highest BCUT2D eigenvalue weighted by molar-refractivity contribution is 5.81. The SMILES string of the molecule is CCCNC(=O)CN(CC)c1cccc(N)c1. The molecule has 4 nitrogen and oxygen atoms in total. The molecule has 3 N–H and O–H groups in total. The van der Waals surface area contributed by atoms with Crippen LogP contribution in [0.2, 0.25) is 0 Å². The first-order chi connectivity index (χ1) is 8.17. The van der Waals surface area contributed by atoms with Crippen LogP contribution in [0.1, 0.15) is 20.3 Å². The Morgan fingerprint density at radius 1 is 1.41 bits per heavy atom. The van der Waals surface area contributed by atoms with E-state index < -0.39 is 0 Å². The van der Waals surface area contributed by atoms with E-state index in [0.717, 1.165) is 30.9 Å². The average molecular weight is 235 g/mol. The second-order valence-corrected chi connectivity index (χ2v) is 3.96. The van der Waals surface area contributed by atoms with Crippen LogP contribution in [0, 0.1) is 0 Å². The fraction of sp³-hybridized carbons (Fsp3) is 0.462. The van der Waals surface area contributed by atoms with Gasteiger partial charge in [0.1, 0.15) is 0 Å². The molecule has 0 saturated carbocycles. The van der Waals surface area contributed by atoms with Crippen LogP contribution in [0.25, 0.3) is 0 Å². The topological polar surface area (TPSA) is 58.4 Å². The lowest BCUT2D eigenvalue weighted by Crippen LogP contribution is -2.37. The Labute approximate surface area is 103 Å². The van der Waals surface area contributed by atoms with Gasteiger partial charge in [0.2, 0.25) is 5.91 Å².